The van der Waals surface area contributed by atoms with Crippen LogP contribution < -0.4 is 4.89 Å². The van der Waals surface area contributed by atoms with Crippen LogP contribution in [0, 0.1) is 0 Å². The SMILES string of the molecule is CCP([O-])(N1CCCC1)(N1CCCC1)N1CCCC1. The zero-order valence-electron chi connectivity index (χ0n) is 12.4. The molecule has 3 rings (SSSR count). The van der Waals surface area contributed by atoms with Crippen molar-refractivity contribution in [1.82, 2.24) is 14.0 Å². The molecule has 3 aliphatic heterocycles. The summed E-state index contributed by atoms with van der Waals surface area (Å²) in [5.74, 6) is 0. The molecule has 0 saturated carbocycles. The first kappa shape index (κ1) is 14.2. The molecule has 3 saturated heterocycles. The zero-order valence-corrected chi connectivity index (χ0v) is 13.3. The number of nitrogens with zero attached hydrogens (tertiary/aromatic N) is 3. The molecule has 3 fully saturated rings. The van der Waals surface area contributed by atoms with Gasteiger partial charge in [0.15, 0.2) is 0 Å². The summed E-state index contributed by atoms with van der Waals surface area (Å²) < 4.78 is 7.22. The van der Waals surface area contributed by atoms with E-state index in [1.165, 1.54) is 38.5 Å². The molecule has 0 N–H and O–H groups in total. The zero-order chi connectivity index (χ0) is 13.4. The van der Waals surface area contributed by atoms with Crippen LogP contribution in [0.4, 0.5) is 0 Å². The molecule has 5 heteroatoms. The van der Waals surface area contributed by atoms with E-state index >= 15 is 0 Å². The fourth-order valence-electron chi connectivity index (χ4n) is 4.44. The molecular formula is C14H29N3OP-. The van der Waals surface area contributed by atoms with Gasteiger partial charge in [0.1, 0.15) is 0 Å². The molecule has 112 valence electrons. The van der Waals surface area contributed by atoms with Crippen molar-refractivity contribution >= 4 is 7.28 Å². The van der Waals surface area contributed by atoms with Crippen LogP contribution in [0.3, 0.4) is 0 Å². The van der Waals surface area contributed by atoms with Crippen LogP contribution >= 0.6 is 7.28 Å². The third-order valence-electron chi connectivity index (χ3n) is 5.51. The maximum absolute atomic E-state index is 14.6. The molecule has 0 radical (unpaired) electrons. The van der Waals surface area contributed by atoms with Gasteiger partial charge in [0.05, 0.1) is 0 Å². The van der Waals surface area contributed by atoms with Crippen LogP contribution in [0.25, 0.3) is 0 Å². The van der Waals surface area contributed by atoms with Gasteiger partial charge in [0.25, 0.3) is 0 Å². The predicted molar refractivity (Wildman–Crippen MR) is 79.9 cm³/mol. The maximum atomic E-state index is 14.6. The van der Waals surface area contributed by atoms with Crippen molar-refractivity contribution in [3.63, 3.8) is 0 Å². The monoisotopic (exact) mass is 286 g/mol. The minimum atomic E-state index is -3.22. The first-order chi connectivity index (χ1) is 9.19. The fourth-order valence-corrected chi connectivity index (χ4v) is 9.98. The van der Waals surface area contributed by atoms with Gasteiger partial charge in [-0.25, -0.2) is 0 Å². The molecule has 0 amide bonds. The van der Waals surface area contributed by atoms with Gasteiger partial charge < -0.3 is 0 Å². The molecule has 4 nitrogen and oxygen atoms in total. The molecule has 0 aromatic carbocycles. The molecule has 0 bridgehead atoms. The van der Waals surface area contributed by atoms with E-state index in [4.69, 9.17) is 0 Å². The Bertz CT molecular complexity index is 277. The van der Waals surface area contributed by atoms with Crippen molar-refractivity contribution in [1.29, 1.82) is 0 Å². The van der Waals surface area contributed by atoms with Gasteiger partial charge in [-0.2, -0.15) is 0 Å². The van der Waals surface area contributed by atoms with Gasteiger partial charge in [-0.1, -0.05) is 0 Å². The van der Waals surface area contributed by atoms with E-state index in [-0.39, 0.29) is 0 Å². The van der Waals surface area contributed by atoms with Crippen LogP contribution in [0.5, 0.6) is 0 Å². The summed E-state index contributed by atoms with van der Waals surface area (Å²) >= 11 is 0. The van der Waals surface area contributed by atoms with E-state index in [2.05, 4.69) is 20.9 Å². The molecule has 0 spiro atoms. The molecular weight excluding hydrogens is 257 g/mol. The molecule has 3 aliphatic rings. The fraction of sp³-hybridized carbons (Fsp3) is 1.00. The topological polar surface area (TPSA) is 32.8 Å². The van der Waals surface area contributed by atoms with Crippen LogP contribution in [0.15, 0.2) is 0 Å². The van der Waals surface area contributed by atoms with E-state index in [9.17, 15) is 4.89 Å². The van der Waals surface area contributed by atoms with Crippen LogP contribution in [0.1, 0.15) is 45.4 Å². The second kappa shape index (κ2) is 5.23. The number of rotatable bonds is 4. The molecule has 0 aromatic heterocycles. The Morgan fingerprint density at radius 2 is 0.947 bits per heavy atom. The second-order valence-corrected chi connectivity index (χ2v) is 10.8. The second-order valence-electron chi connectivity index (χ2n) is 6.37. The van der Waals surface area contributed by atoms with Crippen molar-refractivity contribution in [2.24, 2.45) is 0 Å². The minimum absolute atomic E-state index is 0.811. The Morgan fingerprint density at radius 1 is 0.684 bits per heavy atom. The molecule has 0 aromatic rings. The van der Waals surface area contributed by atoms with E-state index in [1.54, 1.807) is 0 Å². The Hall–Kier alpha value is 0.270. The van der Waals surface area contributed by atoms with Crippen molar-refractivity contribution < 1.29 is 4.89 Å². The van der Waals surface area contributed by atoms with Crippen LogP contribution in [-0.4, -0.2) is 59.4 Å². The third kappa shape index (κ3) is 1.99. The summed E-state index contributed by atoms with van der Waals surface area (Å²) in [4.78, 5) is 14.6. The average Bonchev–Trinajstić information content (AvgIpc) is 3.21. The summed E-state index contributed by atoms with van der Waals surface area (Å²) in [5, 5.41) is 0. The number of hydrogen-bond donors (Lipinski definition) is 0. The summed E-state index contributed by atoms with van der Waals surface area (Å²) in [6, 6.07) is 0. The van der Waals surface area contributed by atoms with Gasteiger partial charge in [-0.15, -0.1) is 0 Å². The van der Waals surface area contributed by atoms with Gasteiger partial charge in [0, 0.05) is 0 Å². The Kier molecular flexibility index (Phi) is 3.92. The van der Waals surface area contributed by atoms with E-state index in [0.717, 1.165) is 45.4 Å². The van der Waals surface area contributed by atoms with Gasteiger partial charge in [0.2, 0.25) is 0 Å². The van der Waals surface area contributed by atoms with Gasteiger partial charge >= 0.3 is 117 Å². The molecule has 0 aliphatic carbocycles. The quantitative estimate of drug-likeness (QED) is 0.739. The number of hydrogen-bond acceptors (Lipinski definition) is 4. The third-order valence-corrected chi connectivity index (χ3v) is 11.2. The van der Waals surface area contributed by atoms with Gasteiger partial charge in [-0.05, 0) is 0 Å². The average molecular weight is 286 g/mol. The summed E-state index contributed by atoms with van der Waals surface area (Å²) in [6.07, 6.45) is 8.16. The Labute approximate surface area is 117 Å². The standard InChI is InChI=1S/C14H29N3OP/c1-2-19(18,15-9-3-4-10-15,16-11-5-6-12-16)17-13-7-8-14-17/h2-14H2,1H3/q-1. The molecule has 0 atom stereocenters. The summed E-state index contributed by atoms with van der Waals surface area (Å²) in [7, 11) is -3.22. The first-order valence-electron chi connectivity index (χ1n) is 8.20. The van der Waals surface area contributed by atoms with Crippen molar-refractivity contribution in [3.05, 3.63) is 0 Å². The molecule has 0 unspecified atom stereocenters. The van der Waals surface area contributed by atoms with Crippen LogP contribution in [-0.2, 0) is 0 Å². The van der Waals surface area contributed by atoms with Crippen molar-refractivity contribution in [3.8, 4) is 0 Å². The van der Waals surface area contributed by atoms with Gasteiger partial charge in [-0.3, -0.25) is 0 Å². The predicted octanol–water partition coefficient (Wildman–Crippen LogP) is 1.87. The summed E-state index contributed by atoms with van der Waals surface area (Å²) in [6.45, 7) is 8.43. The van der Waals surface area contributed by atoms with E-state index in [1.807, 2.05) is 0 Å². The van der Waals surface area contributed by atoms with Crippen molar-refractivity contribution in [2.45, 2.75) is 45.4 Å². The Balaban J connectivity index is 1.99. The van der Waals surface area contributed by atoms with Crippen LogP contribution in [0.2, 0.25) is 0 Å². The summed E-state index contributed by atoms with van der Waals surface area (Å²) in [5.41, 5.74) is 0. The first-order valence-corrected chi connectivity index (χ1v) is 10.4. The van der Waals surface area contributed by atoms with E-state index in [0.29, 0.717) is 0 Å². The Morgan fingerprint density at radius 3 is 1.16 bits per heavy atom. The molecule has 3 heterocycles. The molecule has 19 heavy (non-hydrogen) atoms. The normalized spacial score (nSPS) is 29.9. The van der Waals surface area contributed by atoms with E-state index < -0.39 is 7.28 Å². The van der Waals surface area contributed by atoms with Crippen molar-refractivity contribution in [2.75, 3.05) is 45.4 Å².